The van der Waals surface area contributed by atoms with Crippen molar-refractivity contribution in [3.63, 3.8) is 0 Å². The minimum absolute atomic E-state index is 0.0579. The lowest BCUT2D eigenvalue weighted by molar-refractivity contribution is -0.115. The highest BCUT2D eigenvalue weighted by Gasteiger charge is 2.28. The highest BCUT2D eigenvalue weighted by Crippen LogP contribution is 2.27. The number of hydrogen-bond acceptors (Lipinski definition) is 5. The van der Waals surface area contributed by atoms with Crippen LogP contribution < -0.4 is 10.1 Å². The lowest BCUT2D eigenvalue weighted by Gasteiger charge is -2.35. The predicted molar refractivity (Wildman–Crippen MR) is 119 cm³/mol. The van der Waals surface area contributed by atoms with Gasteiger partial charge >= 0.3 is 0 Å². The Bertz CT molecular complexity index is 724. The van der Waals surface area contributed by atoms with E-state index in [2.05, 4.69) is 31.0 Å². The average Bonchev–Trinajstić information content (AvgIpc) is 2.73. The molecule has 1 aromatic carbocycles. The van der Waals surface area contributed by atoms with Gasteiger partial charge in [0.25, 0.3) is 5.91 Å². The largest absolute Gasteiger partial charge is 0.491 e. The van der Waals surface area contributed by atoms with Gasteiger partial charge in [0.15, 0.2) is 0 Å². The normalized spacial score (nSPS) is 23.7. The van der Waals surface area contributed by atoms with E-state index >= 15 is 0 Å². The quantitative estimate of drug-likeness (QED) is 0.793. The Balaban J connectivity index is 2.40. The Morgan fingerprint density at radius 2 is 2.00 bits per heavy atom. The molecule has 0 saturated carbocycles. The fourth-order valence-corrected chi connectivity index (χ4v) is 3.77. The molecule has 2 amide bonds. The van der Waals surface area contributed by atoms with Crippen LogP contribution in [0.5, 0.6) is 5.75 Å². The van der Waals surface area contributed by atoms with Crippen molar-refractivity contribution in [2.45, 2.75) is 52.7 Å². The smallest absolute Gasteiger partial charge is 0.257 e. The Morgan fingerprint density at radius 1 is 1.27 bits per heavy atom. The van der Waals surface area contributed by atoms with Crippen molar-refractivity contribution in [3.8, 4) is 5.75 Å². The van der Waals surface area contributed by atoms with E-state index in [0.29, 0.717) is 36.6 Å². The number of rotatable bonds is 5. The van der Waals surface area contributed by atoms with Crippen LogP contribution >= 0.6 is 0 Å². The van der Waals surface area contributed by atoms with Crippen LogP contribution in [0.3, 0.4) is 0 Å². The molecule has 7 heteroatoms. The number of nitrogens with zero attached hydrogens (tertiary/aromatic N) is 2. The Kier molecular flexibility index (Phi) is 9.11. The summed E-state index contributed by atoms with van der Waals surface area (Å²) in [4.78, 5) is 29.0. The van der Waals surface area contributed by atoms with Crippen molar-refractivity contribution in [1.29, 1.82) is 0 Å². The number of benzene rings is 1. The molecule has 1 aromatic rings. The Hall–Kier alpha value is -2.12. The Morgan fingerprint density at radius 3 is 2.63 bits per heavy atom. The molecule has 0 unspecified atom stereocenters. The zero-order chi connectivity index (χ0) is 22.3. The SMILES string of the molecule is CCCN1C[C@H](C)[C@H](OC)CN(C)C(=O)c2ccc(NC(=O)CC)cc2OC[C@H]1C. The molecule has 1 aliphatic rings. The minimum Gasteiger partial charge on any atom is -0.491 e. The maximum atomic E-state index is 13.2. The lowest BCUT2D eigenvalue weighted by atomic mass is 10.0. The number of likely N-dealkylation sites (N-methyl/N-ethyl adjacent to an activating group) is 1. The van der Waals surface area contributed by atoms with E-state index in [1.807, 2.05) is 0 Å². The fraction of sp³-hybridized carbons (Fsp3) is 0.652. The first kappa shape index (κ1) is 24.2. The monoisotopic (exact) mass is 419 g/mol. The van der Waals surface area contributed by atoms with E-state index in [-0.39, 0.29) is 29.9 Å². The summed E-state index contributed by atoms with van der Waals surface area (Å²) in [5.41, 5.74) is 1.12. The van der Waals surface area contributed by atoms with E-state index in [4.69, 9.17) is 9.47 Å². The van der Waals surface area contributed by atoms with Crippen molar-refractivity contribution in [1.82, 2.24) is 9.80 Å². The second-order valence-corrected chi connectivity index (χ2v) is 8.20. The third-order valence-electron chi connectivity index (χ3n) is 5.69. The second-order valence-electron chi connectivity index (χ2n) is 8.20. The second kappa shape index (κ2) is 11.3. The number of amides is 2. The van der Waals surface area contributed by atoms with Gasteiger partial charge in [0.1, 0.15) is 12.4 Å². The van der Waals surface area contributed by atoms with Gasteiger partial charge in [0, 0.05) is 51.5 Å². The molecule has 1 heterocycles. The molecule has 0 fully saturated rings. The van der Waals surface area contributed by atoms with Crippen molar-refractivity contribution in [2.24, 2.45) is 5.92 Å². The summed E-state index contributed by atoms with van der Waals surface area (Å²) in [6.07, 6.45) is 1.38. The summed E-state index contributed by atoms with van der Waals surface area (Å²) >= 11 is 0. The molecule has 30 heavy (non-hydrogen) atoms. The zero-order valence-electron chi connectivity index (χ0n) is 19.2. The fourth-order valence-electron chi connectivity index (χ4n) is 3.77. The topological polar surface area (TPSA) is 71.1 Å². The van der Waals surface area contributed by atoms with E-state index in [1.165, 1.54) is 0 Å². The molecule has 168 valence electrons. The third-order valence-corrected chi connectivity index (χ3v) is 5.69. The maximum absolute atomic E-state index is 13.2. The number of anilines is 1. The standard InChI is InChI=1S/C23H37N3O4/c1-7-11-26-13-16(3)21(29-6)14-25(5)23(28)19-10-9-18(24-22(27)8-2)12-20(19)30-15-17(26)4/h9-10,12,16-17,21H,7-8,11,13-15H2,1-6H3,(H,24,27)/t16-,17+,21+/m0/s1. The van der Waals surface area contributed by atoms with Crippen molar-refractivity contribution < 1.29 is 19.1 Å². The first-order valence-corrected chi connectivity index (χ1v) is 10.9. The van der Waals surface area contributed by atoms with Gasteiger partial charge in [-0.25, -0.2) is 0 Å². The first-order valence-electron chi connectivity index (χ1n) is 10.9. The van der Waals surface area contributed by atoms with Gasteiger partial charge in [0.05, 0.1) is 11.7 Å². The van der Waals surface area contributed by atoms with E-state index in [1.54, 1.807) is 44.2 Å². The molecule has 1 N–H and O–H groups in total. The van der Waals surface area contributed by atoms with Crippen LogP contribution in [0.1, 0.15) is 50.9 Å². The third kappa shape index (κ3) is 6.19. The van der Waals surface area contributed by atoms with Crippen LogP contribution in [0, 0.1) is 5.92 Å². The highest BCUT2D eigenvalue weighted by atomic mass is 16.5. The molecule has 0 aliphatic carbocycles. The van der Waals surface area contributed by atoms with E-state index < -0.39 is 0 Å². The summed E-state index contributed by atoms with van der Waals surface area (Å²) in [5.74, 6) is 0.564. The molecule has 0 bridgehead atoms. The molecular weight excluding hydrogens is 382 g/mol. The number of fused-ring (bicyclic) bond motifs is 1. The summed E-state index contributed by atoms with van der Waals surface area (Å²) < 4.78 is 11.9. The van der Waals surface area contributed by atoms with Crippen molar-refractivity contribution >= 4 is 17.5 Å². The molecule has 0 radical (unpaired) electrons. The zero-order valence-corrected chi connectivity index (χ0v) is 19.2. The number of ether oxygens (including phenoxy) is 2. The molecular formula is C23H37N3O4. The van der Waals surface area contributed by atoms with Gasteiger partial charge in [0.2, 0.25) is 5.91 Å². The van der Waals surface area contributed by atoms with Crippen LogP contribution in [-0.2, 0) is 9.53 Å². The van der Waals surface area contributed by atoms with Crippen LogP contribution in [0.2, 0.25) is 0 Å². The maximum Gasteiger partial charge on any atom is 0.257 e. The Labute approximate surface area is 180 Å². The van der Waals surface area contributed by atoms with Gasteiger partial charge in [-0.05, 0) is 37.9 Å². The minimum atomic E-state index is -0.119. The molecule has 2 rings (SSSR count). The van der Waals surface area contributed by atoms with Gasteiger partial charge < -0.3 is 19.7 Å². The molecule has 7 nitrogen and oxygen atoms in total. The number of carbonyl (C=O) groups excluding carboxylic acids is 2. The van der Waals surface area contributed by atoms with Crippen LogP contribution in [-0.4, -0.2) is 74.2 Å². The predicted octanol–water partition coefficient (Wildman–Crippen LogP) is 3.25. The summed E-state index contributed by atoms with van der Waals surface area (Å²) in [6.45, 7) is 11.1. The lowest BCUT2D eigenvalue weighted by Crippen LogP contribution is -2.46. The number of nitrogens with one attached hydrogen (secondary N) is 1. The molecule has 0 aromatic heterocycles. The summed E-state index contributed by atoms with van der Waals surface area (Å²) in [5, 5.41) is 2.84. The summed E-state index contributed by atoms with van der Waals surface area (Å²) in [7, 11) is 3.49. The van der Waals surface area contributed by atoms with E-state index in [0.717, 1.165) is 19.5 Å². The van der Waals surface area contributed by atoms with Crippen molar-refractivity contribution in [2.75, 3.05) is 45.7 Å². The molecule has 3 atom stereocenters. The molecule has 0 saturated heterocycles. The number of carbonyl (C=O) groups is 2. The number of hydrogen-bond donors (Lipinski definition) is 1. The molecule has 1 aliphatic heterocycles. The van der Waals surface area contributed by atoms with Gasteiger partial charge in [-0.2, -0.15) is 0 Å². The van der Waals surface area contributed by atoms with Gasteiger partial charge in [-0.1, -0.05) is 20.8 Å². The first-order chi connectivity index (χ1) is 14.3. The average molecular weight is 420 g/mol. The van der Waals surface area contributed by atoms with Gasteiger partial charge in [-0.3, -0.25) is 14.5 Å². The highest BCUT2D eigenvalue weighted by molar-refractivity contribution is 5.98. The van der Waals surface area contributed by atoms with Crippen molar-refractivity contribution in [3.05, 3.63) is 23.8 Å². The number of methoxy groups -OCH3 is 1. The molecule has 0 spiro atoms. The van der Waals surface area contributed by atoms with Crippen LogP contribution in [0.4, 0.5) is 5.69 Å². The summed E-state index contributed by atoms with van der Waals surface area (Å²) in [6, 6.07) is 5.40. The van der Waals surface area contributed by atoms with Gasteiger partial charge in [-0.15, -0.1) is 0 Å². The van der Waals surface area contributed by atoms with E-state index in [9.17, 15) is 9.59 Å². The van der Waals surface area contributed by atoms with Crippen LogP contribution in [0.15, 0.2) is 18.2 Å². The van der Waals surface area contributed by atoms with Crippen LogP contribution in [0.25, 0.3) is 0 Å².